The number of hydrogen-bond donors (Lipinski definition) is 0. The van der Waals surface area contributed by atoms with Crippen molar-refractivity contribution in [3.8, 4) is 0 Å². The first-order valence-corrected chi connectivity index (χ1v) is 11.8. The van der Waals surface area contributed by atoms with Crippen LogP contribution in [0.2, 0.25) is 0 Å². The third-order valence-corrected chi connectivity index (χ3v) is 6.55. The van der Waals surface area contributed by atoms with Crippen molar-refractivity contribution in [3.63, 3.8) is 0 Å². The summed E-state index contributed by atoms with van der Waals surface area (Å²) in [5.74, 6) is 0.906. The largest absolute Gasteiger partial charge is 0.459 e. The van der Waals surface area contributed by atoms with E-state index < -0.39 is 0 Å². The SMILES string of the molecule is CCc1ccc(N(C(=O)c2ccco2)C2CCN(Cc3ccc(C(C)C)cc3)CC2)cc1. The monoisotopic (exact) mass is 430 g/mol. The molecule has 4 rings (SSSR count). The van der Waals surface area contributed by atoms with Crippen molar-refractivity contribution in [2.75, 3.05) is 18.0 Å². The molecule has 0 spiro atoms. The van der Waals surface area contributed by atoms with Crippen LogP contribution in [0.4, 0.5) is 5.69 Å². The molecule has 1 aliphatic heterocycles. The Morgan fingerprint density at radius 3 is 2.22 bits per heavy atom. The summed E-state index contributed by atoms with van der Waals surface area (Å²) in [5.41, 5.74) is 4.96. The molecule has 1 aromatic heterocycles. The minimum absolute atomic E-state index is 0.0537. The van der Waals surface area contributed by atoms with Gasteiger partial charge in [-0.3, -0.25) is 9.69 Å². The van der Waals surface area contributed by atoms with Gasteiger partial charge in [0.25, 0.3) is 5.91 Å². The lowest BCUT2D eigenvalue weighted by Gasteiger charge is -2.38. The van der Waals surface area contributed by atoms with Gasteiger partial charge in [0, 0.05) is 31.4 Å². The van der Waals surface area contributed by atoms with Gasteiger partial charge < -0.3 is 9.32 Å². The van der Waals surface area contributed by atoms with Crippen LogP contribution in [0.3, 0.4) is 0 Å². The molecule has 2 aromatic carbocycles. The molecule has 1 amide bonds. The Labute approximate surface area is 191 Å². The number of carbonyl (C=O) groups is 1. The third-order valence-electron chi connectivity index (χ3n) is 6.55. The van der Waals surface area contributed by atoms with Crippen molar-refractivity contribution in [2.45, 2.75) is 58.5 Å². The molecule has 3 aromatic rings. The van der Waals surface area contributed by atoms with Crippen LogP contribution in [0, 0.1) is 0 Å². The molecule has 0 saturated carbocycles. The van der Waals surface area contributed by atoms with Crippen LogP contribution in [-0.4, -0.2) is 29.9 Å². The van der Waals surface area contributed by atoms with E-state index >= 15 is 0 Å². The van der Waals surface area contributed by atoms with Gasteiger partial charge in [0.1, 0.15) is 0 Å². The van der Waals surface area contributed by atoms with Crippen LogP contribution < -0.4 is 4.90 Å². The highest BCUT2D eigenvalue weighted by Crippen LogP contribution is 2.27. The van der Waals surface area contributed by atoms with Gasteiger partial charge in [-0.05, 0) is 66.1 Å². The predicted molar refractivity (Wildman–Crippen MR) is 130 cm³/mol. The number of anilines is 1. The van der Waals surface area contributed by atoms with Crippen molar-refractivity contribution >= 4 is 11.6 Å². The standard InChI is InChI=1S/C28H34N2O2/c1-4-22-9-13-25(14-10-22)30(28(31)27-6-5-19-32-27)26-15-17-29(18-16-26)20-23-7-11-24(12-8-23)21(2)3/h5-14,19,21,26H,4,15-18,20H2,1-3H3. The summed E-state index contributed by atoms with van der Waals surface area (Å²) in [6.07, 6.45) is 4.46. The second kappa shape index (κ2) is 10.2. The van der Waals surface area contributed by atoms with Crippen molar-refractivity contribution < 1.29 is 9.21 Å². The molecule has 0 aliphatic carbocycles. The van der Waals surface area contributed by atoms with Gasteiger partial charge in [-0.15, -0.1) is 0 Å². The topological polar surface area (TPSA) is 36.7 Å². The average Bonchev–Trinajstić information content (AvgIpc) is 3.36. The van der Waals surface area contributed by atoms with E-state index in [4.69, 9.17) is 4.42 Å². The van der Waals surface area contributed by atoms with Gasteiger partial charge in [0.2, 0.25) is 0 Å². The normalized spacial score (nSPS) is 15.2. The molecule has 1 aliphatic rings. The van der Waals surface area contributed by atoms with Crippen molar-refractivity contribution in [1.82, 2.24) is 4.90 Å². The molecule has 2 heterocycles. The molecule has 4 nitrogen and oxygen atoms in total. The Hall–Kier alpha value is -2.85. The highest BCUT2D eigenvalue weighted by Gasteiger charge is 2.31. The summed E-state index contributed by atoms with van der Waals surface area (Å²) in [4.78, 5) is 17.8. The number of carbonyl (C=O) groups excluding carboxylic acids is 1. The first kappa shape index (κ1) is 22.3. The molecule has 32 heavy (non-hydrogen) atoms. The smallest absolute Gasteiger partial charge is 0.294 e. The molecule has 0 radical (unpaired) electrons. The van der Waals surface area contributed by atoms with E-state index in [-0.39, 0.29) is 11.9 Å². The highest BCUT2D eigenvalue weighted by atomic mass is 16.3. The third kappa shape index (κ3) is 5.13. The van der Waals surface area contributed by atoms with Gasteiger partial charge >= 0.3 is 0 Å². The van der Waals surface area contributed by atoms with Gasteiger partial charge in [-0.25, -0.2) is 0 Å². The molecule has 0 atom stereocenters. The fourth-order valence-electron chi connectivity index (χ4n) is 4.51. The van der Waals surface area contributed by atoms with E-state index in [2.05, 4.69) is 74.2 Å². The van der Waals surface area contributed by atoms with Crippen LogP contribution in [0.25, 0.3) is 0 Å². The summed E-state index contributed by atoms with van der Waals surface area (Å²) < 4.78 is 5.46. The Morgan fingerprint density at radius 1 is 1.00 bits per heavy atom. The molecule has 0 N–H and O–H groups in total. The molecular formula is C28H34N2O2. The van der Waals surface area contributed by atoms with E-state index in [1.165, 1.54) is 16.7 Å². The number of hydrogen-bond acceptors (Lipinski definition) is 3. The summed E-state index contributed by atoms with van der Waals surface area (Å²) in [7, 11) is 0. The number of nitrogens with zero attached hydrogens (tertiary/aromatic N) is 2. The minimum atomic E-state index is -0.0537. The summed E-state index contributed by atoms with van der Waals surface area (Å²) >= 11 is 0. The number of likely N-dealkylation sites (tertiary alicyclic amines) is 1. The highest BCUT2D eigenvalue weighted by molar-refractivity contribution is 6.04. The maximum Gasteiger partial charge on any atom is 0.294 e. The zero-order chi connectivity index (χ0) is 22.5. The predicted octanol–water partition coefficient (Wildman–Crippen LogP) is 6.28. The number of aryl methyl sites for hydroxylation is 1. The zero-order valence-electron chi connectivity index (χ0n) is 19.5. The lowest BCUT2D eigenvalue weighted by Crippen LogP contribution is -2.47. The van der Waals surface area contributed by atoms with E-state index in [0.717, 1.165) is 44.6 Å². The van der Waals surface area contributed by atoms with Crippen LogP contribution in [0.5, 0.6) is 0 Å². The minimum Gasteiger partial charge on any atom is -0.459 e. The maximum atomic E-state index is 13.3. The Bertz CT molecular complexity index is 983. The van der Waals surface area contributed by atoms with Crippen molar-refractivity contribution in [1.29, 1.82) is 0 Å². The fraction of sp³-hybridized carbons (Fsp3) is 0.393. The molecular weight excluding hydrogens is 396 g/mol. The second-order valence-corrected chi connectivity index (χ2v) is 9.08. The van der Waals surface area contributed by atoms with Crippen LogP contribution in [0.15, 0.2) is 71.3 Å². The average molecular weight is 431 g/mol. The van der Waals surface area contributed by atoms with E-state index in [0.29, 0.717) is 11.7 Å². The molecule has 1 saturated heterocycles. The van der Waals surface area contributed by atoms with Crippen LogP contribution in [0.1, 0.15) is 66.8 Å². The van der Waals surface area contributed by atoms with E-state index in [1.54, 1.807) is 18.4 Å². The fourth-order valence-corrected chi connectivity index (χ4v) is 4.51. The number of piperidine rings is 1. The van der Waals surface area contributed by atoms with E-state index in [1.807, 2.05) is 4.90 Å². The Kier molecular flexibility index (Phi) is 7.11. The quantitative estimate of drug-likeness (QED) is 0.443. The summed E-state index contributed by atoms with van der Waals surface area (Å²) in [5, 5.41) is 0. The first-order valence-electron chi connectivity index (χ1n) is 11.8. The van der Waals surface area contributed by atoms with Gasteiger partial charge in [0.15, 0.2) is 5.76 Å². The number of benzene rings is 2. The van der Waals surface area contributed by atoms with Crippen LogP contribution in [-0.2, 0) is 13.0 Å². The molecule has 4 heteroatoms. The van der Waals surface area contributed by atoms with Crippen LogP contribution >= 0.6 is 0 Å². The van der Waals surface area contributed by atoms with Crippen molar-refractivity contribution in [2.24, 2.45) is 0 Å². The lowest BCUT2D eigenvalue weighted by atomic mass is 9.99. The van der Waals surface area contributed by atoms with Crippen molar-refractivity contribution in [3.05, 3.63) is 89.4 Å². The van der Waals surface area contributed by atoms with Gasteiger partial charge in [-0.2, -0.15) is 0 Å². The van der Waals surface area contributed by atoms with E-state index in [9.17, 15) is 4.79 Å². The maximum absolute atomic E-state index is 13.3. The Balaban J connectivity index is 1.45. The number of furan rings is 1. The Morgan fingerprint density at radius 2 is 1.66 bits per heavy atom. The lowest BCUT2D eigenvalue weighted by molar-refractivity contribution is 0.0931. The van der Waals surface area contributed by atoms with Gasteiger partial charge in [-0.1, -0.05) is 57.2 Å². The first-order chi connectivity index (χ1) is 15.5. The molecule has 0 unspecified atom stereocenters. The molecule has 1 fully saturated rings. The van der Waals surface area contributed by atoms with Gasteiger partial charge in [0.05, 0.1) is 6.26 Å². The zero-order valence-corrected chi connectivity index (χ0v) is 19.5. The summed E-state index contributed by atoms with van der Waals surface area (Å²) in [6, 6.07) is 21.1. The number of rotatable bonds is 7. The number of amides is 1. The molecule has 0 bridgehead atoms. The molecule has 168 valence electrons. The second-order valence-electron chi connectivity index (χ2n) is 9.08. The summed E-state index contributed by atoms with van der Waals surface area (Å²) in [6.45, 7) is 9.52.